The van der Waals surface area contributed by atoms with Crippen molar-refractivity contribution in [3.05, 3.63) is 35.9 Å². The number of piperazine rings is 1. The van der Waals surface area contributed by atoms with Gasteiger partial charge < -0.3 is 4.90 Å². The Morgan fingerprint density at radius 3 is 2.38 bits per heavy atom. The molecule has 1 N–H and O–H groups in total. The van der Waals surface area contributed by atoms with Gasteiger partial charge in [-0.3, -0.25) is 0 Å². The Morgan fingerprint density at radius 2 is 1.81 bits per heavy atom. The van der Waals surface area contributed by atoms with Crippen LogP contribution in [0.2, 0.25) is 0 Å². The molecule has 0 unspecified atom stereocenters. The van der Waals surface area contributed by atoms with Crippen molar-refractivity contribution in [2.45, 2.75) is 32.7 Å². The number of nitrogens with one attached hydrogen (secondary N) is 1. The van der Waals surface area contributed by atoms with Crippen molar-refractivity contribution < 1.29 is 13.3 Å². The van der Waals surface area contributed by atoms with Gasteiger partial charge in [-0.2, -0.15) is 4.31 Å². The van der Waals surface area contributed by atoms with Crippen molar-refractivity contribution in [3.8, 4) is 0 Å². The van der Waals surface area contributed by atoms with Gasteiger partial charge in [0, 0.05) is 6.42 Å². The van der Waals surface area contributed by atoms with Crippen LogP contribution < -0.4 is 4.90 Å². The minimum absolute atomic E-state index is 0.214. The molecular formula is C16H27N2O2S+. The van der Waals surface area contributed by atoms with Crippen molar-refractivity contribution in [1.82, 2.24) is 4.31 Å². The molecule has 1 saturated heterocycles. The summed E-state index contributed by atoms with van der Waals surface area (Å²) in [7, 11) is -3.01. The number of aryl methyl sites for hydroxylation is 1. The largest absolute Gasteiger partial charge is 0.331 e. The number of benzene rings is 1. The molecule has 0 bridgehead atoms. The van der Waals surface area contributed by atoms with Gasteiger partial charge in [-0.1, -0.05) is 30.3 Å². The van der Waals surface area contributed by atoms with Crippen LogP contribution in [0.25, 0.3) is 0 Å². The molecule has 1 aliphatic rings. The van der Waals surface area contributed by atoms with E-state index in [2.05, 4.69) is 31.2 Å². The highest BCUT2D eigenvalue weighted by atomic mass is 32.2. The summed E-state index contributed by atoms with van der Waals surface area (Å²) >= 11 is 0. The normalized spacial score (nSPS) is 19.5. The SMILES string of the molecule is CCS(=O)(=O)N1CC[NH+]([C@H](C)CCc2ccccc2)CC1. The number of quaternary nitrogens is 1. The molecule has 1 aromatic rings. The minimum Gasteiger partial charge on any atom is -0.331 e. The third-order valence-corrected chi connectivity index (χ3v) is 6.41. The predicted molar refractivity (Wildman–Crippen MR) is 86.0 cm³/mol. The van der Waals surface area contributed by atoms with Crippen LogP contribution in [0, 0.1) is 0 Å². The van der Waals surface area contributed by atoms with Gasteiger partial charge in [0.1, 0.15) is 0 Å². The molecule has 0 saturated carbocycles. The van der Waals surface area contributed by atoms with E-state index in [-0.39, 0.29) is 5.75 Å². The van der Waals surface area contributed by atoms with Gasteiger partial charge in [-0.15, -0.1) is 0 Å². The van der Waals surface area contributed by atoms with Gasteiger partial charge in [0.25, 0.3) is 0 Å². The van der Waals surface area contributed by atoms with Crippen LogP contribution in [0.15, 0.2) is 30.3 Å². The number of rotatable bonds is 6. The first-order chi connectivity index (χ1) is 10.0. The highest BCUT2D eigenvalue weighted by molar-refractivity contribution is 7.89. The van der Waals surface area contributed by atoms with Gasteiger partial charge in [0.05, 0.1) is 38.0 Å². The van der Waals surface area contributed by atoms with Crippen molar-refractivity contribution in [1.29, 1.82) is 0 Å². The summed E-state index contributed by atoms with van der Waals surface area (Å²) in [6, 6.07) is 11.1. The van der Waals surface area contributed by atoms with Crippen LogP contribution in [0.4, 0.5) is 0 Å². The molecule has 4 nitrogen and oxygen atoms in total. The molecule has 0 aliphatic carbocycles. The number of hydrogen-bond acceptors (Lipinski definition) is 2. The molecule has 1 heterocycles. The maximum Gasteiger partial charge on any atom is 0.214 e. The maximum atomic E-state index is 11.9. The smallest absolute Gasteiger partial charge is 0.214 e. The summed E-state index contributed by atoms with van der Waals surface area (Å²) in [5, 5.41) is 0. The summed E-state index contributed by atoms with van der Waals surface area (Å²) in [4.78, 5) is 1.54. The van der Waals surface area contributed by atoms with Gasteiger partial charge in [-0.25, -0.2) is 8.42 Å². The summed E-state index contributed by atoms with van der Waals surface area (Å²) < 4.78 is 25.4. The van der Waals surface area contributed by atoms with E-state index in [0.717, 1.165) is 25.9 Å². The third kappa shape index (κ3) is 4.53. The molecule has 118 valence electrons. The number of hydrogen-bond donors (Lipinski definition) is 1. The molecule has 0 aromatic heterocycles. The van der Waals surface area contributed by atoms with Crippen LogP contribution in [0.5, 0.6) is 0 Å². The zero-order valence-electron chi connectivity index (χ0n) is 13.1. The topological polar surface area (TPSA) is 41.8 Å². The second-order valence-corrected chi connectivity index (χ2v) is 8.14. The highest BCUT2D eigenvalue weighted by Crippen LogP contribution is 2.05. The summed E-state index contributed by atoms with van der Waals surface area (Å²) in [6.45, 7) is 7.19. The Balaban J connectivity index is 1.79. The molecule has 2 rings (SSSR count). The first-order valence-corrected chi connectivity index (χ1v) is 9.50. The maximum absolute atomic E-state index is 11.9. The first-order valence-electron chi connectivity index (χ1n) is 7.89. The summed E-state index contributed by atoms with van der Waals surface area (Å²) in [6.07, 6.45) is 2.25. The zero-order chi connectivity index (χ0) is 15.3. The fraction of sp³-hybridized carbons (Fsp3) is 0.625. The van der Waals surface area contributed by atoms with E-state index in [1.165, 1.54) is 10.5 Å². The molecule has 1 atom stereocenters. The van der Waals surface area contributed by atoms with E-state index in [4.69, 9.17) is 0 Å². The Labute approximate surface area is 128 Å². The van der Waals surface area contributed by atoms with E-state index in [9.17, 15) is 8.42 Å². The van der Waals surface area contributed by atoms with Gasteiger partial charge >= 0.3 is 0 Å². The van der Waals surface area contributed by atoms with Gasteiger partial charge in [0.2, 0.25) is 10.0 Å². The lowest BCUT2D eigenvalue weighted by Gasteiger charge is -2.34. The third-order valence-electron chi connectivity index (χ3n) is 4.53. The minimum atomic E-state index is -3.01. The second-order valence-electron chi connectivity index (χ2n) is 5.88. The van der Waals surface area contributed by atoms with Crippen molar-refractivity contribution >= 4 is 10.0 Å². The molecule has 0 radical (unpaired) electrons. The van der Waals surface area contributed by atoms with Crippen LogP contribution in [-0.4, -0.2) is 50.7 Å². The Hall–Kier alpha value is -0.910. The lowest BCUT2D eigenvalue weighted by molar-refractivity contribution is -0.927. The predicted octanol–water partition coefficient (Wildman–Crippen LogP) is 0.558. The molecule has 1 fully saturated rings. The highest BCUT2D eigenvalue weighted by Gasteiger charge is 2.29. The average molecular weight is 311 g/mol. The van der Waals surface area contributed by atoms with Crippen molar-refractivity contribution in [2.75, 3.05) is 31.9 Å². The Kier molecular flexibility index (Phi) is 5.79. The lowest BCUT2D eigenvalue weighted by atomic mass is 10.0. The van der Waals surface area contributed by atoms with E-state index in [1.807, 2.05) is 6.07 Å². The zero-order valence-corrected chi connectivity index (χ0v) is 13.9. The molecule has 0 amide bonds. The summed E-state index contributed by atoms with van der Waals surface area (Å²) in [5.74, 6) is 0.214. The standard InChI is InChI=1S/C16H26N2O2S/c1-3-21(19,20)18-13-11-17(12-14-18)15(2)9-10-16-7-5-4-6-8-16/h4-8,15H,3,9-14H2,1-2H3/p+1/t15-/m1/s1. The average Bonchev–Trinajstić information content (AvgIpc) is 2.53. The Bertz CT molecular complexity index is 522. The second kappa shape index (κ2) is 7.38. The molecule has 1 aromatic carbocycles. The van der Waals surface area contributed by atoms with Crippen molar-refractivity contribution in [2.24, 2.45) is 0 Å². The molecular weight excluding hydrogens is 284 g/mol. The fourth-order valence-electron chi connectivity index (χ4n) is 2.96. The van der Waals surface area contributed by atoms with Crippen LogP contribution in [0.1, 0.15) is 25.8 Å². The van der Waals surface area contributed by atoms with Crippen LogP contribution in [0.3, 0.4) is 0 Å². The van der Waals surface area contributed by atoms with Crippen molar-refractivity contribution in [3.63, 3.8) is 0 Å². The quantitative estimate of drug-likeness (QED) is 0.834. The van der Waals surface area contributed by atoms with Gasteiger partial charge in [-0.05, 0) is 25.8 Å². The number of sulfonamides is 1. The van der Waals surface area contributed by atoms with E-state index in [0.29, 0.717) is 19.1 Å². The first kappa shape index (κ1) is 16.5. The van der Waals surface area contributed by atoms with Gasteiger partial charge in [0.15, 0.2) is 0 Å². The Morgan fingerprint density at radius 1 is 1.19 bits per heavy atom. The van der Waals surface area contributed by atoms with E-state index in [1.54, 1.807) is 11.2 Å². The number of nitrogens with zero attached hydrogens (tertiary/aromatic N) is 1. The molecule has 5 heteroatoms. The molecule has 1 aliphatic heterocycles. The monoisotopic (exact) mass is 311 g/mol. The summed E-state index contributed by atoms with van der Waals surface area (Å²) in [5.41, 5.74) is 1.39. The van der Waals surface area contributed by atoms with Crippen LogP contribution in [-0.2, 0) is 16.4 Å². The van der Waals surface area contributed by atoms with Crippen LogP contribution >= 0.6 is 0 Å². The van der Waals surface area contributed by atoms with E-state index < -0.39 is 10.0 Å². The fourth-order valence-corrected chi connectivity index (χ4v) is 4.06. The lowest BCUT2D eigenvalue weighted by Crippen LogP contribution is -3.18. The van der Waals surface area contributed by atoms with E-state index >= 15 is 0 Å². The molecule has 0 spiro atoms. The molecule has 21 heavy (non-hydrogen) atoms.